The predicted molar refractivity (Wildman–Crippen MR) is 60.4 cm³/mol. The van der Waals surface area contributed by atoms with Crippen molar-refractivity contribution in [2.75, 3.05) is 31.4 Å². The number of ketones is 1. The van der Waals surface area contributed by atoms with Crippen molar-refractivity contribution < 1.29 is 14.3 Å². The lowest BCUT2D eigenvalue weighted by Gasteiger charge is -2.02. The molecule has 0 aliphatic rings. The Morgan fingerprint density at radius 2 is 2.00 bits per heavy atom. The number of carbonyl (C=O) groups is 1. The van der Waals surface area contributed by atoms with Gasteiger partial charge in [0.05, 0.1) is 17.6 Å². The zero-order chi connectivity index (χ0) is 9.94. The van der Waals surface area contributed by atoms with Gasteiger partial charge >= 0.3 is 0 Å². The first-order valence-electron chi connectivity index (χ1n) is 4.45. The highest BCUT2D eigenvalue weighted by atomic mass is 127. The highest BCUT2D eigenvalue weighted by molar-refractivity contribution is 14.1. The molecule has 0 bridgehead atoms. The van der Waals surface area contributed by atoms with E-state index < -0.39 is 0 Å². The maximum Gasteiger partial charge on any atom is 0.142 e. The van der Waals surface area contributed by atoms with Crippen molar-refractivity contribution in [3.05, 3.63) is 0 Å². The van der Waals surface area contributed by atoms with E-state index in [9.17, 15) is 4.79 Å². The lowest BCUT2D eigenvalue weighted by molar-refractivity contribution is -0.116. The van der Waals surface area contributed by atoms with Crippen LogP contribution in [0.4, 0.5) is 0 Å². The van der Waals surface area contributed by atoms with Gasteiger partial charge in [-0.1, -0.05) is 22.6 Å². The monoisotopic (exact) mass is 300 g/mol. The van der Waals surface area contributed by atoms with Crippen molar-refractivity contribution in [1.82, 2.24) is 0 Å². The second kappa shape index (κ2) is 10.4. The van der Waals surface area contributed by atoms with Crippen LogP contribution >= 0.6 is 22.6 Å². The molecule has 0 fully saturated rings. The number of methoxy groups -OCH3 is 1. The van der Waals surface area contributed by atoms with Crippen molar-refractivity contribution in [2.24, 2.45) is 0 Å². The molecule has 0 amide bonds. The molecule has 13 heavy (non-hydrogen) atoms. The molecule has 3 nitrogen and oxygen atoms in total. The molecule has 4 heteroatoms. The summed E-state index contributed by atoms with van der Waals surface area (Å²) in [6.07, 6.45) is 2.59. The van der Waals surface area contributed by atoms with Gasteiger partial charge in [-0.25, -0.2) is 0 Å². The molecule has 0 aromatic heterocycles. The van der Waals surface area contributed by atoms with Crippen molar-refractivity contribution in [3.63, 3.8) is 0 Å². The average molecular weight is 300 g/mol. The number of ether oxygens (including phenoxy) is 2. The maximum absolute atomic E-state index is 10.9. The Morgan fingerprint density at radius 3 is 2.62 bits per heavy atom. The maximum atomic E-state index is 10.9. The molecule has 0 radical (unpaired) electrons. The van der Waals surface area contributed by atoms with E-state index in [0.29, 0.717) is 29.8 Å². The van der Waals surface area contributed by atoms with Gasteiger partial charge in [0.2, 0.25) is 0 Å². The first kappa shape index (κ1) is 13.3. The van der Waals surface area contributed by atoms with Gasteiger partial charge in [-0.3, -0.25) is 4.79 Å². The van der Waals surface area contributed by atoms with Gasteiger partial charge in [-0.15, -0.1) is 0 Å². The summed E-state index contributed by atoms with van der Waals surface area (Å²) in [6.45, 7) is 2.03. The molecule has 0 aromatic carbocycles. The van der Waals surface area contributed by atoms with Crippen LogP contribution in [0.2, 0.25) is 0 Å². The van der Waals surface area contributed by atoms with Crippen molar-refractivity contribution >= 4 is 28.4 Å². The van der Waals surface area contributed by atoms with E-state index in [1.807, 2.05) is 0 Å². The van der Waals surface area contributed by atoms with Crippen LogP contribution in [0.5, 0.6) is 0 Å². The number of alkyl halides is 1. The van der Waals surface area contributed by atoms with E-state index in [1.54, 1.807) is 7.11 Å². The zero-order valence-corrected chi connectivity index (χ0v) is 10.2. The Bertz CT molecular complexity index is 128. The molecule has 0 aliphatic carbocycles. The van der Waals surface area contributed by atoms with Crippen LogP contribution in [0, 0.1) is 0 Å². The van der Waals surface area contributed by atoms with Crippen LogP contribution < -0.4 is 0 Å². The number of Topliss-reactive ketones (excluding diaryl/α,β-unsaturated/α-hetero) is 1. The van der Waals surface area contributed by atoms with E-state index in [4.69, 9.17) is 9.47 Å². The van der Waals surface area contributed by atoms with E-state index in [-0.39, 0.29) is 0 Å². The fraction of sp³-hybridized carbons (Fsp3) is 0.889. The Balaban J connectivity index is 2.95. The van der Waals surface area contributed by atoms with Crippen LogP contribution in [-0.4, -0.2) is 37.1 Å². The SMILES string of the molecule is COCCOCCCCC(=O)CI. The fourth-order valence-electron chi connectivity index (χ4n) is 0.837. The standard InChI is InChI=1S/C9H17IO3/c1-12-6-7-13-5-3-2-4-9(11)8-10/h2-8H2,1H3. The molecular weight excluding hydrogens is 283 g/mol. The largest absolute Gasteiger partial charge is 0.382 e. The molecule has 78 valence electrons. The topological polar surface area (TPSA) is 35.5 Å². The van der Waals surface area contributed by atoms with Crippen molar-refractivity contribution in [3.8, 4) is 0 Å². The molecule has 0 aliphatic heterocycles. The van der Waals surface area contributed by atoms with Crippen molar-refractivity contribution in [2.45, 2.75) is 19.3 Å². The third-order valence-corrected chi connectivity index (χ3v) is 2.43. The summed E-state index contributed by atoms with van der Waals surface area (Å²) in [4.78, 5) is 10.9. The summed E-state index contributed by atoms with van der Waals surface area (Å²) in [6, 6.07) is 0. The van der Waals surface area contributed by atoms with E-state index in [1.165, 1.54) is 0 Å². The van der Waals surface area contributed by atoms with E-state index in [0.717, 1.165) is 19.4 Å². The van der Waals surface area contributed by atoms with Gasteiger partial charge in [-0.2, -0.15) is 0 Å². The highest BCUT2D eigenvalue weighted by Crippen LogP contribution is 1.99. The summed E-state index contributed by atoms with van der Waals surface area (Å²) in [5, 5.41) is 0. The number of unbranched alkanes of at least 4 members (excludes halogenated alkanes) is 1. The van der Waals surface area contributed by atoms with Gasteiger partial charge in [0.25, 0.3) is 0 Å². The summed E-state index contributed by atoms with van der Waals surface area (Å²) >= 11 is 2.10. The number of carbonyl (C=O) groups excluding carboxylic acids is 1. The minimum Gasteiger partial charge on any atom is -0.382 e. The molecule has 0 rings (SSSR count). The molecule has 0 saturated carbocycles. The Labute approximate surface area is 93.3 Å². The lowest BCUT2D eigenvalue weighted by atomic mass is 10.2. The predicted octanol–water partition coefficient (Wildman–Crippen LogP) is 1.82. The van der Waals surface area contributed by atoms with Crippen LogP contribution in [0.1, 0.15) is 19.3 Å². The zero-order valence-electron chi connectivity index (χ0n) is 8.05. The third-order valence-electron chi connectivity index (χ3n) is 1.58. The molecule has 0 unspecified atom stereocenters. The highest BCUT2D eigenvalue weighted by Gasteiger charge is 1.97. The Morgan fingerprint density at radius 1 is 1.23 bits per heavy atom. The summed E-state index contributed by atoms with van der Waals surface area (Å²) in [7, 11) is 1.66. The van der Waals surface area contributed by atoms with Gasteiger partial charge < -0.3 is 9.47 Å². The van der Waals surface area contributed by atoms with Crippen LogP contribution in [0.15, 0.2) is 0 Å². The normalized spacial score (nSPS) is 10.3. The summed E-state index contributed by atoms with van der Waals surface area (Å²) in [5.41, 5.74) is 0. The fourth-order valence-corrected chi connectivity index (χ4v) is 1.22. The van der Waals surface area contributed by atoms with Crippen LogP contribution in [0.3, 0.4) is 0 Å². The molecule has 0 aromatic rings. The third kappa shape index (κ3) is 10.2. The molecule has 0 heterocycles. The minimum absolute atomic E-state index is 0.331. The molecular formula is C9H17IO3. The first-order chi connectivity index (χ1) is 6.31. The van der Waals surface area contributed by atoms with E-state index in [2.05, 4.69) is 22.6 Å². The lowest BCUT2D eigenvalue weighted by Crippen LogP contribution is -2.04. The first-order valence-corrected chi connectivity index (χ1v) is 5.98. The number of hydrogen-bond donors (Lipinski definition) is 0. The quantitative estimate of drug-likeness (QED) is 0.370. The number of rotatable bonds is 9. The molecule has 0 N–H and O–H groups in total. The van der Waals surface area contributed by atoms with Crippen LogP contribution in [-0.2, 0) is 14.3 Å². The van der Waals surface area contributed by atoms with Gasteiger partial charge in [0.1, 0.15) is 5.78 Å². The van der Waals surface area contributed by atoms with Gasteiger partial charge in [-0.05, 0) is 12.8 Å². The second-order valence-electron chi connectivity index (χ2n) is 2.73. The summed E-state index contributed by atoms with van der Waals surface area (Å²) in [5.74, 6) is 0.331. The number of halogens is 1. The Kier molecular flexibility index (Phi) is 10.7. The average Bonchev–Trinajstić information content (AvgIpc) is 2.16. The van der Waals surface area contributed by atoms with Gasteiger partial charge in [0, 0.05) is 20.1 Å². The molecule has 0 atom stereocenters. The van der Waals surface area contributed by atoms with Gasteiger partial charge in [0.15, 0.2) is 0 Å². The number of hydrogen-bond acceptors (Lipinski definition) is 3. The van der Waals surface area contributed by atoms with Crippen molar-refractivity contribution in [1.29, 1.82) is 0 Å². The molecule has 0 spiro atoms. The van der Waals surface area contributed by atoms with E-state index >= 15 is 0 Å². The molecule has 0 saturated heterocycles. The minimum atomic E-state index is 0.331. The van der Waals surface area contributed by atoms with Crippen LogP contribution in [0.25, 0.3) is 0 Å². The summed E-state index contributed by atoms with van der Waals surface area (Å²) < 4.78 is 10.7. The smallest absolute Gasteiger partial charge is 0.142 e. The Hall–Kier alpha value is 0.320. The second-order valence-corrected chi connectivity index (χ2v) is 3.50.